The molecule has 122 valence electrons. The maximum Gasteiger partial charge on any atom is 0.344 e. The summed E-state index contributed by atoms with van der Waals surface area (Å²) in [5, 5.41) is 12.3. The van der Waals surface area contributed by atoms with E-state index in [1.807, 2.05) is 43.3 Å². The first-order chi connectivity index (χ1) is 12.1. The summed E-state index contributed by atoms with van der Waals surface area (Å²) in [4.78, 5) is 16.7. The molecule has 4 nitrogen and oxygen atoms in total. The molecule has 25 heavy (non-hydrogen) atoms. The first-order valence-electron chi connectivity index (χ1n) is 7.92. The average Bonchev–Trinajstić information content (AvgIpc) is 2.63. The summed E-state index contributed by atoms with van der Waals surface area (Å²) in [7, 11) is 0. The Morgan fingerprint density at radius 3 is 2.40 bits per heavy atom. The van der Waals surface area contributed by atoms with Gasteiger partial charge in [-0.05, 0) is 42.6 Å². The van der Waals surface area contributed by atoms with Gasteiger partial charge in [0.2, 0.25) is 0 Å². The molecule has 0 bridgehead atoms. The number of benzene rings is 3. The normalized spacial score (nSPS) is 11.6. The van der Waals surface area contributed by atoms with Gasteiger partial charge in [0.1, 0.15) is 5.75 Å². The number of fused-ring (bicyclic) bond motifs is 3. The molecule has 4 aromatic rings. The van der Waals surface area contributed by atoms with Crippen LogP contribution in [0.2, 0.25) is 0 Å². The smallest absolute Gasteiger partial charge is 0.344 e. The fourth-order valence-electron chi connectivity index (χ4n) is 2.85. The molecule has 0 radical (unpaired) electrons. The minimum atomic E-state index is -0.432. The van der Waals surface area contributed by atoms with E-state index in [0.717, 1.165) is 22.0 Å². The second-order valence-corrected chi connectivity index (χ2v) is 5.90. The lowest BCUT2D eigenvalue weighted by Crippen LogP contribution is -2.01. The van der Waals surface area contributed by atoms with E-state index in [-0.39, 0.29) is 5.75 Å². The van der Waals surface area contributed by atoms with E-state index in [4.69, 9.17) is 4.42 Å². The maximum absolute atomic E-state index is 12.3. The lowest BCUT2D eigenvalue weighted by Gasteiger charge is -2.06. The van der Waals surface area contributed by atoms with Crippen LogP contribution in [0, 0.1) is 6.92 Å². The van der Waals surface area contributed by atoms with Crippen LogP contribution >= 0.6 is 0 Å². The standard InChI is InChI=1S/C21H15NO3/c1-13-6-8-14(9-7-13)22-12-18-19(23)11-10-16-15-4-2-3-5-17(15)21(24)25-20(16)18/h2-12,23H,1H3. The van der Waals surface area contributed by atoms with Gasteiger partial charge in [0.15, 0.2) is 5.58 Å². The molecule has 1 N–H and O–H groups in total. The lowest BCUT2D eigenvalue weighted by molar-refractivity contribution is 0.472. The summed E-state index contributed by atoms with van der Waals surface area (Å²) in [6.45, 7) is 2.00. The molecular formula is C21H15NO3. The highest BCUT2D eigenvalue weighted by Crippen LogP contribution is 2.30. The van der Waals surface area contributed by atoms with Gasteiger partial charge in [-0.25, -0.2) is 4.79 Å². The van der Waals surface area contributed by atoms with E-state index in [9.17, 15) is 9.90 Å². The summed E-state index contributed by atoms with van der Waals surface area (Å²) in [6.07, 6.45) is 1.53. The molecule has 3 aromatic carbocycles. The van der Waals surface area contributed by atoms with Crippen molar-refractivity contribution in [3.63, 3.8) is 0 Å². The van der Waals surface area contributed by atoms with Crippen molar-refractivity contribution >= 4 is 33.6 Å². The van der Waals surface area contributed by atoms with Gasteiger partial charge in [0.25, 0.3) is 0 Å². The fraction of sp³-hybridized carbons (Fsp3) is 0.0476. The summed E-state index contributed by atoms with van der Waals surface area (Å²) in [5.41, 5.74) is 2.19. The topological polar surface area (TPSA) is 62.8 Å². The minimum absolute atomic E-state index is 0.0155. The van der Waals surface area contributed by atoms with Gasteiger partial charge in [-0.1, -0.05) is 35.9 Å². The van der Waals surface area contributed by atoms with Crippen LogP contribution in [0.25, 0.3) is 21.7 Å². The minimum Gasteiger partial charge on any atom is -0.507 e. The van der Waals surface area contributed by atoms with Crippen molar-refractivity contribution in [1.82, 2.24) is 0 Å². The Labute approximate surface area is 143 Å². The monoisotopic (exact) mass is 329 g/mol. The fourth-order valence-corrected chi connectivity index (χ4v) is 2.85. The third-order valence-corrected chi connectivity index (χ3v) is 4.18. The molecule has 1 aromatic heterocycles. The quantitative estimate of drug-likeness (QED) is 0.329. The summed E-state index contributed by atoms with van der Waals surface area (Å²) < 4.78 is 5.49. The van der Waals surface area contributed by atoms with Crippen LogP contribution in [-0.2, 0) is 0 Å². The number of aromatic hydroxyl groups is 1. The number of rotatable bonds is 2. The number of hydrogen-bond donors (Lipinski definition) is 1. The highest BCUT2D eigenvalue weighted by atomic mass is 16.4. The zero-order valence-corrected chi connectivity index (χ0v) is 13.6. The van der Waals surface area contributed by atoms with E-state index >= 15 is 0 Å². The largest absolute Gasteiger partial charge is 0.507 e. The highest BCUT2D eigenvalue weighted by Gasteiger charge is 2.12. The second kappa shape index (κ2) is 5.91. The molecule has 0 aliphatic heterocycles. The summed E-state index contributed by atoms with van der Waals surface area (Å²) in [5.74, 6) is 0.0155. The Morgan fingerprint density at radius 1 is 0.920 bits per heavy atom. The van der Waals surface area contributed by atoms with Crippen molar-refractivity contribution < 1.29 is 9.52 Å². The first kappa shape index (κ1) is 15.1. The Balaban J connectivity index is 1.95. The third kappa shape index (κ3) is 2.68. The molecule has 0 saturated heterocycles. The van der Waals surface area contributed by atoms with Gasteiger partial charge in [0.05, 0.1) is 16.6 Å². The molecule has 0 fully saturated rings. The van der Waals surface area contributed by atoms with E-state index in [2.05, 4.69) is 4.99 Å². The number of hydrogen-bond acceptors (Lipinski definition) is 4. The van der Waals surface area contributed by atoms with Crippen LogP contribution in [-0.4, -0.2) is 11.3 Å². The molecule has 0 saturated carbocycles. The first-order valence-corrected chi connectivity index (χ1v) is 7.92. The summed E-state index contributed by atoms with van der Waals surface area (Å²) >= 11 is 0. The Kier molecular flexibility index (Phi) is 3.58. The zero-order chi connectivity index (χ0) is 17.4. The molecule has 0 spiro atoms. The van der Waals surface area contributed by atoms with Gasteiger partial charge in [-0.3, -0.25) is 4.99 Å². The van der Waals surface area contributed by atoms with E-state index < -0.39 is 5.63 Å². The van der Waals surface area contributed by atoms with Crippen molar-refractivity contribution in [2.75, 3.05) is 0 Å². The molecule has 0 unspecified atom stereocenters. The van der Waals surface area contributed by atoms with E-state index in [0.29, 0.717) is 16.5 Å². The number of phenols is 1. The molecule has 4 heteroatoms. The van der Waals surface area contributed by atoms with Crippen LogP contribution in [0.1, 0.15) is 11.1 Å². The maximum atomic E-state index is 12.3. The highest BCUT2D eigenvalue weighted by molar-refractivity contribution is 6.10. The van der Waals surface area contributed by atoms with Gasteiger partial charge in [-0.15, -0.1) is 0 Å². The van der Waals surface area contributed by atoms with Gasteiger partial charge in [0, 0.05) is 11.6 Å². The van der Waals surface area contributed by atoms with Gasteiger partial charge in [-0.2, -0.15) is 0 Å². The van der Waals surface area contributed by atoms with Crippen LogP contribution < -0.4 is 5.63 Å². The van der Waals surface area contributed by atoms with Crippen LogP contribution in [0.4, 0.5) is 5.69 Å². The number of aliphatic imine (C=N–C) groups is 1. The Hall–Kier alpha value is -3.40. The molecule has 0 aliphatic rings. The van der Waals surface area contributed by atoms with Crippen molar-refractivity contribution in [2.24, 2.45) is 4.99 Å². The molecule has 4 rings (SSSR count). The predicted molar refractivity (Wildman–Crippen MR) is 100 cm³/mol. The van der Waals surface area contributed by atoms with Gasteiger partial charge >= 0.3 is 5.63 Å². The van der Waals surface area contributed by atoms with Crippen molar-refractivity contribution in [3.8, 4) is 5.75 Å². The number of nitrogens with zero attached hydrogens (tertiary/aromatic N) is 1. The van der Waals surface area contributed by atoms with Crippen LogP contribution in [0.15, 0.2) is 74.9 Å². The van der Waals surface area contributed by atoms with Crippen LogP contribution in [0.3, 0.4) is 0 Å². The molecule has 0 aliphatic carbocycles. The van der Waals surface area contributed by atoms with E-state index in [1.54, 1.807) is 24.3 Å². The molecule has 0 atom stereocenters. The van der Waals surface area contributed by atoms with Crippen molar-refractivity contribution in [1.29, 1.82) is 0 Å². The van der Waals surface area contributed by atoms with Crippen LogP contribution in [0.5, 0.6) is 5.75 Å². The number of phenolic OH excluding ortho intramolecular Hbond substituents is 1. The van der Waals surface area contributed by atoms with Gasteiger partial charge < -0.3 is 9.52 Å². The van der Waals surface area contributed by atoms with Crippen molar-refractivity contribution in [2.45, 2.75) is 6.92 Å². The second-order valence-electron chi connectivity index (χ2n) is 5.90. The number of aryl methyl sites for hydroxylation is 1. The SMILES string of the molecule is Cc1ccc(N=Cc2c(O)ccc3c2oc(=O)c2ccccc23)cc1. The summed E-state index contributed by atoms with van der Waals surface area (Å²) in [6, 6.07) is 18.3. The third-order valence-electron chi connectivity index (χ3n) is 4.18. The molecule has 0 amide bonds. The Bertz CT molecular complexity index is 1170. The lowest BCUT2D eigenvalue weighted by atomic mass is 10.0. The average molecular weight is 329 g/mol. The Morgan fingerprint density at radius 2 is 1.64 bits per heavy atom. The molecular weight excluding hydrogens is 314 g/mol. The zero-order valence-electron chi connectivity index (χ0n) is 13.6. The predicted octanol–water partition coefficient (Wildman–Crippen LogP) is 4.71. The molecule has 1 heterocycles. The van der Waals surface area contributed by atoms with E-state index in [1.165, 1.54) is 6.21 Å². The van der Waals surface area contributed by atoms with Crippen molar-refractivity contribution in [3.05, 3.63) is 82.2 Å².